The van der Waals surface area contributed by atoms with Crippen molar-refractivity contribution in [3.63, 3.8) is 0 Å². The van der Waals surface area contributed by atoms with E-state index in [1.54, 1.807) is 0 Å². The third-order valence-electron chi connectivity index (χ3n) is 1.74. The molecule has 0 heterocycles. The van der Waals surface area contributed by atoms with Gasteiger partial charge < -0.3 is 15.6 Å². The van der Waals surface area contributed by atoms with Gasteiger partial charge in [-0.2, -0.15) is 0 Å². The third-order valence-corrected chi connectivity index (χ3v) is 1.74. The van der Waals surface area contributed by atoms with Crippen LogP contribution in [0.1, 0.15) is 26.7 Å². The van der Waals surface area contributed by atoms with Gasteiger partial charge in [-0.1, -0.05) is 6.92 Å². The standard InChI is InChI=1S/C7H16N2O2/c1-3-7(2,4-5-10)11-6(8)9/h10H,3-5H2,1-2H3,(H3,8,9). The molecular formula is C7H16N2O2. The summed E-state index contributed by atoms with van der Waals surface area (Å²) < 4.78 is 5.03. The molecule has 4 N–H and O–H groups in total. The Bertz CT molecular complexity index is 138. The van der Waals surface area contributed by atoms with E-state index in [0.29, 0.717) is 6.42 Å². The van der Waals surface area contributed by atoms with Crippen LogP contribution in [0.5, 0.6) is 0 Å². The molecule has 0 aliphatic carbocycles. The Balaban J connectivity index is 3.98. The van der Waals surface area contributed by atoms with Gasteiger partial charge in [-0.3, -0.25) is 5.41 Å². The fraction of sp³-hybridized carbons (Fsp3) is 0.857. The first-order chi connectivity index (χ1) is 5.04. The van der Waals surface area contributed by atoms with E-state index in [1.807, 2.05) is 13.8 Å². The number of hydrogen-bond donors (Lipinski definition) is 3. The van der Waals surface area contributed by atoms with Gasteiger partial charge in [0.25, 0.3) is 6.02 Å². The van der Waals surface area contributed by atoms with Gasteiger partial charge in [-0.05, 0) is 13.3 Å². The van der Waals surface area contributed by atoms with Crippen LogP contribution in [0.15, 0.2) is 0 Å². The molecule has 11 heavy (non-hydrogen) atoms. The molecule has 0 radical (unpaired) electrons. The van der Waals surface area contributed by atoms with Crippen molar-refractivity contribution in [2.45, 2.75) is 32.3 Å². The number of aliphatic hydroxyl groups is 1. The fourth-order valence-electron chi connectivity index (χ4n) is 0.802. The van der Waals surface area contributed by atoms with Gasteiger partial charge >= 0.3 is 0 Å². The van der Waals surface area contributed by atoms with E-state index in [9.17, 15) is 0 Å². The molecule has 0 aromatic heterocycles. The molecule has 0 aliphatic heterocycles. The monoisotopic (exact) mass is 160 g/mol. The van der Waals surface area contributed by atoms with Gasteiger partial charge in [-0.25, -0.2) is 0 Å². The van der Waals surface area contributed by atoms with Gasteiger partial charge in [0.15, 0.2) is 0 Å². The van der Waals surface area contributed by atoms with Crippen LogP contribution in [0.25, 0.3) is 0 Å². The van der Waals surface area contributed by atoms with Crippen LogP contribution in [-0.4, -0.2) is 23.3 Å². The number of aliphatic hydroxyl groups excluding tert-OH is 1. The molecule has 0 spiro atoms. The van der Waals surface area contributed by atoms with Crippen molar-refractivity contribution in [3.05, 3.63) is 0 Å². The topological polar surface area (TPSA) is 79.3 Å². The number of nitrogens with one attached hydrogen (secondary N) is 1. The number of hydrogen-bond acceptors (Lipinski definition) is 3. The molecule has 0 amide bonds. The second-order valence-electron chi connectivity index (χ2n) is 2.74. The molecule has 0 aromatic carbocycles. The summed E-state index contributed by atoms with van der Waals surface area (Å²) in [6.07, 6.45) is 1.23. The molecule has 0 aromatic rings. The van der Waals surface area contributed by atoms with E-state index in [-0.39, 0.29) is 12.6 Å². The Kier molecular flexibility index (Phi) is 3.89. The Hall–Kier alpha value is -0.770. The summed E-state index contributed by atoms with van der Waals surface area (Å²) in [5.74, 6) is 0. The normalized spacial score (nSPS) is 15.5. The molecule has 0 saturated heterocycles. The van der Waals surface area contributed by atoms with Crippen molar-refractivity contribution in [3.8, 4) is 0 Å². The highest BCUT2D eigenvalue weighted by molar-refractivity contribution is 5.67. The number of nitrogens with two attached hydrogens (primary N) is 1. The Morgan fingerprint density at radius 2 is 2.27 bits per heavy atom. The highest BCUT2D eigenvalue weighted by Gasteiger charge is 2.23. The Labute approximate surface area is 66.9 Å². The summed E-state index contributed by atoms with van der Waals surface area (Å²) in [4.78, 5) is 0. The van der Waals surface area contributed by atoms with E-state index < -0.39 is 5.60 Å². The van der Waals surface area contributed by atoms with Crippen molar-refractivity contribution in [1.29, 1.82) is 5.41 Å². The smallest absolute Gasteiger partial charge is 0.279 e. The van der Waals surface area contributed by atoms with Crippen LogP contribution in [-0.2, 0) is 4.74 Å². The lowest BCUT2D eigenvalue weighted by molar-refractivity contribution is 0.0405. The molecule has 0 rings (SSSR count). The van der Waals surface area contributed by atoms with Crippen LogP contribution in [0.4, 0.5) is 0 Å². The van der Waals surface area contributed by atoms with Crippen molar-refractivity contribution >= 4 is 6.02 Å². The van der Waals surface area contributed by atoms with E-state index in [1.165, 1.54) is 0 Å². The van der Waals surface area contributed by atoms with Crippen LogP contribution in [0.3, 0.4) is 0 Å². The van der Waals surface area contributed by atoms with Gasteiger partial charge in [0.1, 0.15) is 5.60 Å². The lowest BCUT2D eigenvalue weighted by Crippen LogP contribution is -2.34. The summed E-state index contributed by atoms with van der Waals surface area (Å²) in [6, 6.07) is -0.289. The number of ether oxygens (including phenoxy) is 1. The summed E-state index contributed by atoms with van der Waals surface area (Å²) in [5, 5.41) is 15.6. The molecular weight excluding hydrogens is 144 g/mol. The maximum Gasteiger partial charge on any atom is 0.279 e. The van der Waals surface area contributed by atoms with Crippen molar-refractivity contribution in [2.75, 3.05) is 6.61 Å². The first-order valence-corrected chi connectivity index (χ1v) is 3.68. The number of amidine groups is 1. The fourth-order valence-corrected chi connectivity index (χ4v) is 0.802. The summed E-state index contributed by atoms with van der Waals surface area (Å²) in [7, 11) is 0. The van der Waals surface area contributed by atoms with Crippen molar-refractivity contribution in [2.24, 2.45) is 5.73 Å². The Morgan fingerprint density at radius 3 is 2.55 bits per heavy atom. The molecule has 4 heteroatoms. The van der Waals surface area contributed by atoms with E-state index in [4.69, 9.17) is 21.0 Å². The quantitative estimate of drug-likeness (QED) is 0.412. The van der Waals surface area contributed by atoms with E-state index in [2.05, 4.69) is 0 Å². The lowest BCUT2D eigenvalue weighted by atomic mass is 10.00. The minimum atomic E-state index is -0.486. The van der Waals surface area contributed by atoms with E-state index >= 15 is 0 Å². The minimum absolute atomic E-state index is 0.0532. The van der Waals surface area contributed by atoms with Crippen LogP contribution in [0, 0.1) is 5.41 Å². The largest absolute Gasteiger partial charge is 0.459 e. The van der Waals surface area contributed by atoms with E-state index in [0.717, 1.165) is 6.42 Å². The molecule has 0 fully saturated rings. The third kappa shape index (κ3) is 3.83. The first-order valence-electron chi connectivity index (χ1n) is 3.68. The maximum atomic E-state index is 8.65. The molecule has 1 unspecified atom stereocenters. The molecule has 1 atom stereocenters. The van der Waals surface area contributed by atoms with Crippen LogP contribution < -0.4 is 5.73 Å². The zero-order valence-electron chi connectivity index (χ0n) is 7.05. The minimum Gasteiger partial charge on any atom is -0.459 e. The second-order valence-corrected chi connectivity index (χ2v) is 2.74. The zero-order valence-corrected chi connectivity index (χ0v) is 7.05. The van der Waals surface area contributed by atoms with Gasteiger partial charge in [0.05, 0.1) is 0 Å². The Morgan fingerprint density at radius 1 is 1.73 bits per heavy atom. The van der Waals surface area contributed by atoms with Crippen molar-refractivity contribution < 1.29 is 9.84 Å². The first kappa shape index (κ1) is 10.2. The summed E-state index contributed by atoms with van der Waals surface area (Å²) in [5.41, 5.74) is 4.58. The highest BCUT2D eigenvalue weighted by atomic mass is 16.5. The lowest BCUT2D eigenvalue weighted by Gasteiger charge is -2.27. The van der Waals surface area contributed by atoms with Crippen molar-refractivity contribution in [1.82, 2.24) is 0 Å². The molecule has 0 bridgehead atoms. The summed E-state index contributed by atoms with van der Waals surface area (Å²) in [6.45, 7) is 3.81. The number of rotatable bonds is 4. The average Bonchev–Trinajstić information content (AvgIpc) is 1.87. The van der Waals surface area contributed by atoms with Crippen LogP contribution >= 0.6 is 0 Å². The highest BCUT2D eigenvalue weighted by Crippen LogP contribution is 2.18. The van der Waals surface area contributed by atoms with Crippen LogP contribution in [0.2, 0.25) is 0 Å². The molecule has 4 nitrogen and oxygen atoms in total. The molecule has 0 aliphatic rings. The maximum absolute atomic E-state index is 8.65. The predicted octanol–water partition coefficient (Wildman–Crippen LogP) is 0.448. The SMILES string of the molecule is CCC(C)(CCO)OC(=N)N. The van der Waals surface area contributed by atoms with Gasteiger partial charge in [0, 0.05) is 13.0 Å². The average molecular weight is 160 g/mol. The summed E-state index contributed by atoms with van der Waals surface area (Å²) >= 11 is 0. The van der Waals surface area contributed by atoms with Gasteiger partial charge in [0.2, 0.25) is 0 Å². The zero-order chi connectivity index (χ0) is 8.91. The molecule has 0 saturated carbocycles. The predicted molar refractivity (Wildman–Crippen MR) is 43.4 cm³/mol. The second kappa shape index (κ2) is 4.18. The van der Waals surface area contributed by atoms with Gasteiger partial charge in [-0.15, -0.1) is 0 Å². The molecule has 66 valence electrons.